The van der Waals surface area contributed by atoms with Crippen LogP contribution in [0, 0.1) is 23.4 Å². The second-order valence-electron chi connectivity index (χ2n) is 5.20. The van der Waals surface area contributed by atoms with E-state index in [1.165, 1.54) is 0 Å². The minimum Gasteiger partial charge on any atom is -0.310 e. The van der Waals surface area contributed by atoms with E-state index in [0.29, 0.717) is 18.5 Å². The highest BCUT2D eigenvalue weighted by Gasteiger charge is 2.28. The predicted octanol–water partition coefficient (Wildman–Crippen LogP) is 2.19. The monoisotopic (exact) mass is 307 g/mol. The van der Waals surface area contributed by atoms with E-state index in [2.05, 4.69) is 5.32 Å². The van der Waals surface area contributed by atoms with Crippen LogP contribution in [0.15, 0.2) is 12.1 Å². The molecule has 1 saturated heterocycles. The Morgan fingerprint density at radius 3 is 2.40 bits per heavy atom. The first-order valence-corrected chi connectivity index (χ1v) is 8.19. The number of hydrogen-bond acceptors (Lipinski definition) is 3. The number of rotatable bonds is 4. The molecule has 0 saturated carbocycles. The van der Waals surface area contributed by atoms with Gasteiger partial charge in [-0.25, -0.2) is 21.6 Å². The van der Waals surface area contributed by atoms with Gasteiger partial charge in [0, 0.05) is 6.04 Å². The molecule has 2 atom stereocenters. The molecule has 0 amide bonds. The van der Waals surface area contributed by atoms with Crippen LogP contribution in [0.25, 0.3) is 0 Å². The van der Waals surface area contributed by atoms with Crippen molar-refractivity contribution in [2.75, 3.05) is 18.1 Å². The van der Waals surface area contributed by atoms with Crippen molar-refractivity contribution in [3.05, 3.63) is 35.1 Å². The standard InChI is InChI=1S/C13H16F3NO2S/c1-8(10-4-11(14)13(16)12(15)5-10)17-6-9-2-3-20(18,19)7-9/h4-5,8-9,17H,2-3,6-7H2,1H3/t8-,9-/m0/s1. The Morgan fingerprint density at radius 1 is 1.30 bits per heavy atom. The summed E-state index contributed by atoms with van der Waals surface area (Å²) in [4.78, 5) is 0. The first-order valence-electron chi connectivity index (χ1n) is 6.37. The third-order valence-corrected chi connectivity index (χ3v) is 5.38. The topological polar surface area (TPSA) is 46.2 Å². The summed E-state index contributed by atoms with van der Waals surface area (Å²) >= 11 is 0. The van der Waals surface area contributed by atoms with Crippen LogP contribution in [-0.2, 0) is 9.84 Å². The zero-order valence-corrected chi connectivity index (χ0v) is 11.8. The van der Waals surface area contributed by atoms with Gasteiger partial charge in [-0.15, -0.1) is 0 Å². The molecule has 1 aromatic carbocycles. The Bertz CT molecular complexity index is 581. The van der Waals surface area contributed by atoms with Crippen LogP contribution in [0.1, 0.15) is 24.9 Å². The van der Waals surface area contributed by atoms with Crippen LogP contribution in [0.4, 0.5) is 13.2 Å². The van der Waals surface area contributed by atoms with Crippen molar-refractivity contribution in [1.29, 1.82) is 0 Å². The second-order valence-corrected chi connectivity index (χ2v) is 7.43. The molecule has 20 heavy (non-hydrogen) atoms. The van der Waals surface area contributed by atoms with Gasteiger partial charge in [0.2, 0.25) is 0 Å². The van der Waals surface area contributed by atoms with E-state index in [9.17, 15) is 21.6 Å². The lowest BCUT2D eigenvalue weighted by Crippen LogP contribution is -2.26. The quantitative estimate of drug-likeness (QED) is 0.867. The molecule has 1 N–H and O–H groups in total. The maximum atomic E-state index is 13.1. The molecule has 3 nitrogen and oxygen atoms in total. The molecule has 2 rings (SSSR count). The third kappa shape index (κ3) is 3.52. The van der Waals surface area contributed by atoms with Crippen molar-refractivity contribution in [3.8, 4) is 0 Å². The molecule has 1 aromatic rings. The minimum absolute atomic E-state index is 0.0117. The first kappa shape index (κ1) is 15.3. The summed E-state index contributed by atoms with van der Waals surface area (Å²) in [5.41, 5.74) is 0.294. The molecular weight excluding hydrogens is 291 g/mol. The van der Waals surface area contributed by atoms with Gasteiger partial charge in [0.1, 0.15) is 0 Å². The Hall–Kier alpha value is -1.08. The molecule has 0 unspecified atom stereocenters. The fraction of sp³-hybridized carbons (Fsp3) is 0.538. The zero-order valence-electron chi connectivity index (χ0n) is 11.0. The molecular formula is C13H16F3NO2S. The summed E-state index contributed by atoms with van der Waals surface area (Å²) in [6.07, 6.45) is 0.591. The molecule has 0 aromatic heterocycles. The van der Waals surface area contributed by atoms with Crippen molar-refractivity contribution in [1.82, 2.24) is 5.32 Å². The zero-order chi connectivity index (χ0) is 14.9. The highest BCUT2D eigenvalue weighted by molar-refractivity contribution is 7.91. The van der Waals surface area contributed by atoms with Gasteiger partial charge >= 0.3 is 0 Å². The van der Waals surface area contributed by atoms with E-state index in [-0.39, 0.29) is 23.5 Å². The van der Waals surface area contributed by atoms with E-state index in [0.717, 1.165) is 12.1 Å². The van der Waals surface area contributed by atoms with Gasteiger partial charge in [-0.3, -0.25) is 0 Å². The van der Waals surface area contributed by atoms with Crippen LogP contribution in [-0.4, -0.2) is 26.5 Å². The van der Waals surface area contributed by atoms with Crippen LogP contribution < -0.4 is 5.32 Å². The van der Waals surface area contributed by atoms with Gasteiger partial charge in [-0.2, -0.15) is 0 Å². The Balaban J connectivity index is 1.97. The maximum absolute atomic E-state index is 13.1. The lowest BCUT2D eigenvalue weighted by Gasteiger charge is -2.17. The SMILES string of the molecule is C[C@H](NC[C@@H]1CCS(=O)(=O)C1)c1cc(F)c(F)c(F)c1. The van der Waals surface area contributed by atoms with Gasteiger partial charge in [0.25, 0.3) is 0 Å². The number of benzene rings is 1. The van der Waals surface area contributed by atoms with Crippen molar-refractivity contribution in [3.63, 3.8) is 0 Å². The van der Waals surface area contributed by atoms with Gasteiger partial charge in [0.15, 0.2) is 27.3 Å². The number of sulfone groups is 1. The lowest BCUT2D eigenvalue weighted by atomic mass is 10.1. The molecule has 112 valence electrons. The average Bonchev–Trinajstić information content (AvgIpc) is 2.72. The Labute approximate surface area is 116 Å². The molecule has 1 aliphatic rings. The molecule has 1 heterocycles. The molecule has 0 radical (unpaired) electrons. The van der Waals surface area contributed by atoms with E-state index < -0.39 is 27.3 Å². The van der Waals surface area contributed by atoms with Crippen molar-refractivity contribution >= 4 is 9.84 Å². The van der Waals surface area contributed by atoms with Crippen molar-refractivity contribution < 1.29 is 21.6 Å². The second kappa shape index (κ2) is 5.73. The fourth-order valence-corrected chi connectivity index (χ4v) is 4.18. The Morgan fingerprint density at radius 2 is 1.90 bits per heavy atom. The summed E-state index contributed by atoms with van der Waals surface area (Å²) in [6.45, 7) is 2.14. The van der Waals surface area contributed by atoms with E-state index in [1.807, 2.05) is 0 Å². The van der Waals surface area contributed by atoms with Crippen LogP contribution in [0.5, 0.6) is 0 Å². The van der Waals surface area contributed by atoms with Crippen molar-refractivity contribution in [2.45, 2.75) is 19.4 Å². The van der Waals surface area contributed by atoms with Crippen LogP contribution in [0.2, 0.25) is 0 Å². The maximum Gasteiger partial charge on any atom is 0.194 e. The largest absolute Gasteiger partial charge is 0.310 e. The predicted molar refractivity (Wildman–Crippen MR) is 69.5 cm³/mol. The smallest absolute Gasteiger partial charge is 0.194 e. The molecule has 1 aliphatic heterocycles. The molecule has 7 heteroatoms. The fourth-order valence-electron chi connectivity index (χ4n) is 2.32. The average molecular weight is 307 g/mol. The number of nitrogens with one attached hydrogen (secondary N) is 1. The van der Waals surface area contributed by atoms with Crippen molar-refractivity contribution in [2.24, 2.45) is 5.92 Å². The number of hydrogen-bond donors (Lipinski definition) is 1. The van der Waals surface area contributed by atoms with Crippen LogP contribution >= 0.6 is 0 Å². The van der Waals surface area contributed by atoms with Crippen LogP contribution in [0.3, 0.4) is 0 Å². The van der Waals surface area contributed by atoms with Gasteiger partial charge < -0.3 is 5.32 Å². The van der Waals surface area contributed by atoms with E-state index >= 15 is 0 Å². The molecule has 0 aliphatic carbocycles. The summed E-state index contributed by atoms with van der Waals surface area (Å²) in [7, 11) is -2.94. The summed E-state index contributed by atoms with van der Waals surface area (Å²) in [5, 5.41) is 3.03. The van der Waals surface area contributed by atoms with E-state index in [1.54, 1.807) is 6.92 Å². The highest BCUT2D eigenvalue weighted by atomic mass is 32.2. The Kier molecular flexibility index (Phi) is 4.39. The normalized spacial score (nSPS) is 22.9. The molecule has 1 fully saturated rings. The number of halogens is 3. The first-order chi connectivity index (χ1) is 9.28. The minimum atomic E-state index is -2.94. The van der Waals surface area contributed by atoms with E-state index in [4.69, 9.17) is 0 Å². The van der Waals surface area contributed by atoms with Gasteiger partial charge in [-0.05, 0) is 43.5 Å². The van der Waals surface area contributed by atoms with Gasteiger partial charge in [-0.1, -0.05) is 0 Å². The molecule has 0 bridgehead atoms. The summed E-state index contributed by atoms with van der Waals surface area (Å²) in [5.74, 6) is -3.60. The van der Waals surface area contributed by atoms with Gasteiger partial charge in [0.05, 0.1) is 11.5 Å². The highest BCUT2D eigenvalue weighted by Crippen LogP contribution is 2.21. The summed E-state index contributed by atoms with van der Waals surface area (Å²) < 4.78 is 61.7. The molecule has 0 spiro atoms. The summed E-state index contributed by atoms with van der Waals surface area (Å²) in [6, 6.07) is 1.51. The lowest BCUT2D eigenvalue weighted by molar-refractivity contribution is 0.436. The third-order valence-electron chi connectivity index (χ3n) is 3.55.